The second-order valence-corrected chi connectivity index (χ2v) is 11.0. The number of aryl methyl sites for hydroxylation is 1. The molecule has 2 aromatic rings. The minimum Gasteiger partial charge on any atom is -0.402 e. The van der Waals surface area contributed by atoms with E-state index < -0.39 is 18.2 Å². The lowest BCUT2D eigenvalue weighted by Crippen LogP contribution is -2.43. The number of aromatic nitrogens is 2. The normalized spacial score (nSPS) is 13.2. The summed E-state index contributed by atoms with van der Waals surface area (Å²) < 4.78 is 37.4. The Hall–Kier alpha value is -4.50. The summed E-state index contributed by atoms with van der Waals surface area (Å²) in [5, 5.41) is 25.5. The molecule has 0 fully saturated rings. The van der Waals surface area contributed by atoms with E-state index in [2.05, 4.69) is 27.4 Å². The van der Waals surface area contributed by atoms with Gasteiger partial charge in [-0.1, -0.05) is 66.8 Å². The molecule has 0 bridgehead atoms. The van der Waals surface area contributed by atoms with Gasteiger partial charge in [-0.3, -0.25) is 14.4 Å². The summed E-state index contributed by atoms with van der Waals surface area (Å²) in [5.41, 5.74) is 14.5. The fourth-order valence-corrected chi connectivity index (χ4v) is 4.64. The highest BCUT2D eigenvalue weighted by Gasteiger charge is 2.43. The number of aliphatic hydroxyl groups is 1. The van der Waals surface area contributed by atoms with Gasteiger partial charge < -0.3 is 32.5 Å². The van der Waals surface area contributed by atoms with Crippen molar-refractivity contribution < 1.29 is 32.7 Å². The quantitative estimate of drug-likeness (QED) is 0.111. The number of alkyl halides is 3. The molecule has 0 radical (unpaired) electrons. The SMILES string of the molecule is C=C/C=C(\CC)CC(=O)N/C(N)=C/C=C(\N)CCCCc1nnc(NC(=O)Cc2cccc(CNC(=O)C(O)C(F)(F)F)c2)s1. The van der Waals surface area contributed by atoms with Crippen molar-refractivity contribution in [3.8, 4) is 0 Å². The molecule has 8 N–H and O–H groups in total. The van der Waals surface area contributed by atoms with Gasteiger partial charge >= 0.3 is 6.18 Å². The minimum atomic E-state index is -5.06. The Morgan fingerprint density at radius 3 is 2.51 bits per heavy atom. The van der Waals surface area contributed by atoms with Crippen LogP contribution in [0.25, 0.3) is 0 Å². The fraction of sp³-hybridized carbons (Fsp3) is 0.367. The van der Waals surface area contributed by atoms with Gasteiger partial charge in [0.1, 0.15) is 10.8 Å². The number of nitrogens with one attached hydrogen (secondary N) is 3. The maximum atomic E-state index is 12.5. The van der Waals surface area contributed by atoms with E-state index in [1.807, 2.05) is 12.2 Å². The fourth-order valence-electron chi connectivity index (χ4n) is 3.85. The Morgan fingerprint density at radius 2 is 1.82 bits per heavy atom. The van der Waals surface area contributed by atoms with Gasteiger partial charge in [-0.25, -0.2) is 0 Å². The number of carbonyl (C=O) groups excluding carboxylic acids is 3. The summed E-state index contributed by atoms with van der Waals surface area (Å²) >= 11 is 1.24. The number of nitrogens with zero attached hydrogens (tertiary/aromatic N) is 2. The van der Waals surface area contributed by atoms with Gasteiger partial charge in [-0.05, 0) is 49.0 Å². The maximum absolute atomic E-state index is 12.5. The molecule has 1 unspecified atom stereocenters. The molecular formula is C30H38F3N7O4S. The standard InChI is InChI=1S/C30H38F3N7O4S/c1-3-8-19(4-2)16-24(41)37-23(35)14-13-22(34)11-5-6-12-26-39-40-29(45-26)38-25(42)17-20-9-7-10-21(15-20)18-36-28(44)27(43)30(31,32)33/h3,7-10,13-15,27,43H,1,4-6,11-12,16-18,34-35H2,2H3,(H,36,44)(H,37,41)(H,38,40,42)/b19-8+,22-13-,23-14+. The lowest BCUT2D eigenvalue weighted by molar-refractivity contribution is -0.205. The van der Waals surface area contributed by atoms with Crippen LogP contribution >= 0.6 is 11.3 Å². The number of rotatable bonds is 17. The number of nitrogens with two attached hydrogens (primary N) is 2. The van der Waals surface area contributed by atoms with Crippen molar-refractivity contribution in [2.75, 3.05) is 5.32 Å². The number of aliphatic hydroxyl groups excluding tert-OH is 1. The molecule has 0 aliphatic heterocycles. The van der Waals surface area contributed by atoms with E-state index in [4.69, 9.17) is 16.6 Å². The summed E-state index contributed by atoms with van der Waals surface area (Å²) in [4.78, 5) is 36.1. The van der Waals surface area contributed by atoms with Crippen molar-refractivity contribution >= 4 is 34.2 Å². The Kier molecular flexibility index (Phi) is 15.0. The van der Waals surface area contributed by atoms with Crippen LogP contribution in [0, 0.1) is 0 Å². The molecule has 1 aromatic heterocycles. The Bertz CT molecular complexity index is 1420. The van der Waals surface area contributed by atoms with Gasteiger partial charge in [0.2, 0.25) is 23.0 Å². The van der Waals surface area contributed by atoms with Crippen LogP contribution in [0.5, 0.6) is 0 Å². The monoisotopic (exact) mass is 649 g/mol. The summed E-state index contributed by atoms with van der Waals surface area (Å²) in [5.74, 6) is -1.95. The molecule has 244 valence electrons. The lowest BCUT2D eigenvalue weighted by Gasteiger charge is -2.14. The average Bonchev–Trinajstić information content (AvgIpc) is 3.42. The molecule has 0 aliphatic rings. The van der Waals surface area contributed by atoms with E-state index in [-0.39, 0.29) is 37.0 Å². The predicted octanol–water partition coefficient (Wildman–Crippen LogP) is 3.64. The molecule has 1 atom stereocenters. The molecule has 3 amide bonds. The smallest absolute Gasteiger partial charge is 0.402 e. The van der Waals surface area contributed by atoms with Crippen molar-refractivity contribution in [1.82, 2.24) is 20.8 Å². The number of anilines is 1. The molecule has 45 heavy (non-hydrogen) atoms. The highest BCUT2D eigenvalue weighted by molar-refractivity contribution is 7.15. The first-order valence-corrected chi connectivity index (χ1v) is 14.9. The van der Waals surface area contributed by atoms with Crippen LogP contribution in [-0.4, -0.2) is 45.3 Å². The van der Waals surface area contributed by atoms with Crippen LogP contribution in [-0.2, 0) is 33.8 Å². The van der Waals surface area contributed by atoms with Crippen LogP contribution in [0.3, 0.4) is 0 Å². The number of hydrogen-bond donors (Lipinski definition) is 6. The predicted molar refractivity (Wildman–Crippen MR) is 166 cm³/mol. The molecule has 15 heteroatoms. The molecule has 0 saturated carbocycles. The van der Waals surface area contributed by atoms with Crippen LogP contribution in [0.15, 0.2) is 72.2 Å². The van der Waals surface area contributed by atoms with Crippen LogP contribution < -0.4 is 27.4 Å². The van der Waals surface area contributed by atoms with E-state index >= 15 is 0 Å². The third-order valence-electron chi connectivity index (χ3n) is 6.16. The zero-order chi connectivity index (χ0) is 33.4. The Morgan fingerprint density at radius 1 is 1.09 bits per heavy atom. The third-order valence-corrected chi connectivity index (χ3v) is 7.05. The number of allylic oxidation sites excluding steroid dienone is 5. The largest absolute Gasteiger partial charge is 0.423 e. The first-order chi connectivity index (χ1) is 21.3. The highest BCUT2D eigenvalue weighted by Crippen LogP contribution is 2.21. The van der Waals surface area contributed by atoms with Crippen molar-refractivity contribution in [3.05, 3.63) is 88.4 Å². The van der Waals surface area contributed by atoms with E-state index in [9.17, 15) is 27.6 Å². The number of hydrogen-bond acceptors (Lipinski definition) is 9. The summed E-state index contributed by atoms with van der Waals surface area (Å²) in [6.07, 6.45) is 2.17. The zero-order valence-electron chi connectivity index (χ0n) is 24.8. The van der Waals surface area contributed by atoms with E-state index in [1.54, 1.807) is 48.6 Å². The molecular weight excluding hydrogens is 611 g/mol. The Balaban J connectivity index is 1.74. The second kappa shape index (κ2) is 18.3. The van der Waals surface area contributed by atoms with Gasteiger partial charge in [-0.15, -0.1) is 10.2 Å². The molecule has 1 heterocycles. The molecule has 0 saturated heterocycles. The molecule has 0 aliphatic carbocycles. The average molecular weight is 650 g/mol. The maximum Gasteiger partial charge on any atom is 0.423 e. The summed E-state index contributed by atoms with van der Waals surface area (Å²) in [6, 6.07) is 6.40. The Labute approximate surface area is 263 Å². The first kappa shape index (κ1) is 36.7. The van der Waals surface area contributed by atoms with Gasteiger partial charge in [0, 0.05) is 25.1 Å². The zero-order valence-corrected chi connectivity index (χ0v) is 25.6. The highest BCUT2D eigenvalue weighted by atomic mass is 32.1. The van der Waals surface area contributed by atoms with Crippen molar-refractivity contribution in [3.63, 3.8) is 0 Å². The first-order valence-electron chi connectivity index (χ1n) is 14.0. The van der Waals surface area contributed by atoms with E-state index in [1.165, 1.54) is 11.3 Å². The number of halogens is 3. The minimum absolute atomic E-state index is 0.0394. The number of amides is 3. The third kappa shape index (κ3) is 14.2. The van der Waals surface area contributed by atoms with Gasteiger partial charge in [0.05, 0.1) is 6.42 Å². The van der Waals surface area contributed by atoms with Crippen LogP contribution in [0.4, 0.5) is 18.3 Å². The summed E-state index contributed by atoms with van der Waals surface area (Å²) in [7, 11) is 0. The lowest BCUT2D eigenvalue weighted by atomic mass is 10.1. The van der Waals surface area contributed by atoms with Gasteiger partial charge in [-0.2, -0.15) is 13.2 Å². The number of unbranched alkanes of at least 4 members (excludes halogenated alkanes) is 1. The number of benzene rings is 1. The molecule has 1 aromatic carbocycles. The van der Waals surface area contributed by atoms with Crippen LogP contribution in [0.2, 0.25) is 0 Å². The van der Waals surface area contributed by atoms with Crippen molar-refractivity contribution in [1.29, 1.82) is 0 Å². The number of carbonyl (C=O) groups is 3. The second-order valence-electron chi connectivity index (χ2n) is 9.92. The van der Waals surface area contributed by atoms with Gasteiger partial charge in [0.25, 0.3) is 5.91 Å². The van der Waals surface area contributed by atoms with Crippen molar-refractivity contribution in [2.24, 2.45) is 11.5 Å². The van der Waals surface area contributed by atoms with Gasteiger partial charge in [0.15, 0.2) is 0 Å². The van der Waals surface area contributed by atoms with Crippen LogP contribution in [0.1, 0.15) is 55.2 Å². The topological polar surface area (TPSA) is 185 Å². The molecule has 11 nitrogen and oxygen atoms in total. The van der Waals surface area contributed by atoms with E-state index in [0.29, 0.717) is 34.8 Å². The van der Waals surface area contributed by atoms with E-state index in [0.717, 1.165) is 29.8 Å². The molecule has 2 rings (SSSR count). The summed E-state index contributed by atoms with van der Waals surface area (Å²) in [6.45, 7) is 5.34. The van der Waals surface area contributed by atoms with Crippen molar-refractivity contribution in [2.45, 2.75) is 70.7 Å². The molecule has 0 spiro atoms.